The molecule has 0 aromatic rings. The first-order valence-corrected chi connectivity index (χ1v) is 25.1. The molecule has 0 saturated carbocycles. The second-order valence-corrected chi connectivity index (χ2v) is 19.7. The maximum atomic E-state index is 12.7. The van der Waals surface area contributed by atoms with Gasteiger partial charge in [-0.1, -0.05) is 0 Å². The molecule has 6 rings (SSSR count). The molecule has 0 bridgehead atoms. The Kier molecular flexibility index (Phi) is 23.3. The molecule has 6 aliphatic rings. The predicted molar refractivity (Wildman–Crippen MR) is 246 cm³/mol. The Bertz CT molecular complexity index is 1990. The van der Waals surface area contributed by atoms with Gasteiger partial charge in [-0.25, -0.2) is 0 Å². The van der Waals surface area contributed by atoms with Crippen molar-refractivity contribution in [3.8, 4) is 0 Å². The normalized spacial score (nSPS) is 46.7. The van der Waals surface area contributed by atoms with Gasteiger partial charge in [0.2, 0.25) is 23.6 Å². The van der Waals surface area contributed by atoms with E-state index in [1.54, 1.807) is 0 Å². The van der Waals surface area contributed by atoms with Crippen molar-refractivity contribution in [1.29, 1.82) is 0 Å². The van der Waals surface area contributed by atoms with Crippen molar-refractivity contribution in [2.24, 2.45) is 0 Å². The molecule has 456 valence electrons. The average molecular weight is 1160 g/mol. The van der Waals surface area contributed by atoms with Crippen LogP contribution in [0.5, 0.6) is 0 Å². The van der Waals surface area contributed by atoms with E-state index in [2.05, 4.69) is 21.3 Å². The molecular formula is C44H74N4O31. The number of aliphatic hydroxyl groups excluding tert-OH is 16. The zero-order chi connectivity index (χ0) is 58.5. The van der Waals surface area contributed by atoms with Gasteiger partial charge in [0, 0.05) is 27.7 Å². The van der Waals surface area contributed by atoms with E-state index in [1.165, 1.54) is 0 Å². The summed E-state index contributed by atoms with van der Waals surface area (Å²) in [6.07, 6.45) is -49.2. The average Bonchev–Trinajstić information content (AvgIpc) is 3.54. The monoisotopic (exact) mass is 1150 g/mol. The van der Waals surface area contributed by atoms with E-state index in [1.807, 2.05) is 0 Å². The second-order valence-electron chi connectivity index (χ2n) is 19.7. The minimum Gasteiger partial charge on any atom is -0.394 e. The number of carbonyl (C=O) groups is 4. The van der Waals surface area contributed by atoms with Crippen molar-refractivity contribution < 1.29 is 153 Å². The second kappa shape index (κ2) is 28.4. The van der Waals surface area contributed by atoms with E-state index in [0.717, 1.165) is 27.7 Å². The Labute approximate surface area is 448 Å². The van der Waals surface area contributed by atoms with Gasteiger partial charge < -0.3 is 155 Å². The predicted octanol–water partition coefficient (Wildman–Crippen LogP) is -13.5. The summed E-state index contributed by atoms with van der Waals surface area (Å²) < 4.78 is 64.0. The number of rotatable bonds is 20. The van der Waals surface area contributed by atoms with Gasteiger partial charge in [-0.15, -0.1) is 0 Å². The van der Waals surface area contributed by atoms with Crippen LogP contribution < -0.4 is 21.3 Å². The van der Waals surface area contributed by atoms with Crippen molar-refractivity contribution in [2.45, 2.75) is 212 Å². The summed E-state index contributed by atoms with van der Waals surface area (Å²) in [7, 11) is 0. The third kappa shape index (κ3) is 14.8. The molecule has 30 atom stereocenters. The van der Waals surface area contributed by atoms with Gasteiger partial charge in [0.1, 0.15) is 146 Å². The maximum absolute atomic E-state index is 12.7. The van der Waals surface area contributed by atoms with Gasteiger partial charge >= 0.3 is 0 Å². The highest BCUT2D eigenvalue weighted by Gasteiger charge is 2.58. The van der Waals surface area contributed by atoms with E-state index in [0.29, 0.717) is 0 Å². The Morgan fingerprint density at radius 1 is 0.329 bits per heavy atom. The minimum atomic E-state index is -2.32. The quantitative estimate of drug-likeness (QED) is 0.0538. The summed E-state index contributed by atoms with van der Waals surface area (Å²) in [5.41, 5.74) is 0. The van der Waals surface area contributed by atoms with Gasteiger partial charge in [0.05, 0.1) is 39.6 Å². The highest BCUT2D eigenvalue weighted by molar-refractivity contribution is 5.74. The largest absolute Gasteiger partial charge is 0.394 e. The first-order valence-electron chi connectivity index (χ1n) is 25.1. The first-order chi connectivity index (χ1) is 37.3. The highest BCUT2D eigenvalue weighted by atomic mass is 16.8. The molecule has 20 N–H and O–H groups in total. The molecular weight excluding hydrogens is 1080 g/mol. The zero-order valence-electron chi connectivity index (χ0n) is 42.8. The molecule has 0 radical (unpaired) electrons. The van der Waals surface area contributed by atoms with Crippen molar-refractivity contribution in [1.82, 2.24) is 21.3 Å². The van der Waals surface area contributed by atoms with Gasteiger partial charge in [0.25, 0.3) is 0 Å². The van der Waals surface area contributed by atoms with E-state index in [4.69, 9.17) is 52.1 Å². The fourth-order valence-electron chi connectivity index (χ4n) is 10.0. The number of hydrogen-bond donors (Lipinski definition) is 20. The molecule has 1 unspecified atom stereocenters. The molecule has 35 heteroatoms. The van der Waals surface area contributed by atoms with Crippen molar-refractivity contribution in [2.75, 3.05) is 39.6 Å². The third-order valence-corrected chi connectivity index (χ3v) is 14.0. The van der Waals surface area contributed by atoms with Crippen molar-refractivity contribution >= 4 is 23.6 Å². The molecule has 0 spiro atoms. The number of aliphatic hydroxyl groups is 16. The smallest absolute Gasteiger partial charge is 0.217 e. The van der Waals surface area contributed by atoms with Crippen LogP contribution in [0.25, 0.3) is 0 Å². The van der Waals surface area contributed by atoms with Crippen LogP contribution in [0.15, 0.2) is 0 Å². The number of hydrogen-bond acceptors (Lipinski definition) is 31. The Hall–Kier alpha value is -3.20. The SMILES string of the molecule is CC(=O)N[C@H]1[C@H](OC[C@H]2O[C@@H](O[C@H]3[C@H](O)[C@@H](NC(C)=O)[C@H](O[C@H]4[C@@H](O)[C@@H](CO)OC(O)[C@@H]4NC(C)=O)O[C@@H]3CO)[C@H](O)[C@@H](O[C@@H]3O[C@H](CO)[C@@H](O[C@@H]4O[C@H](CO)[C@H](O)[C@H](O)[C@H]4O)[C@H](O)[C@H]3NC(C)=O)[C@H]2O)O[C@H](CO)[C@@H](O)[C@H]1O. The summed E-state index contributed by atoms with van der Waals surface area (Å²) >= 11 is 0. The third-order valence-electron chi connectivity index (χ3n) is 14.0. The summed E-state index contributed by atoms with van der Waals surface area (Å²) in [4.78, 5) is 49.8. The Balaban J connectivity index is 1.33. The van der Waals surface area contributed by atoms with Crippen LogP contribution in [0.1, 0.15) is 27.7 Å². The first kappa shape index (κ1) is 65.0. The molecule has 6 heterocycles. The molecule has 35 nitrogen and oxygen atoms in total. The van der Waals surface area contributed by atoms with Crippen LogP contribution in [0, 0.1) is 0 Å². The standard InChI is InChI=1S/C44H74N4O31/c1-11(54)45-21-29(62)25(58)15(5-49)71-40(21)69-10-20-28(61)38(79-42-23(47-13(3)56)31(64)35(18(8-52)74-42)76-43-33(66)32(65)26(59)16(6-50)72-43)34(67)44(75-20)77-36-19(9-53)73-41(22(30(36)63)46-12(2)55)78-37-24(48-14(4)57)39(68)70-17(7-51)27(37)60/h15-44,49-53,58-68H,5-10H2,1-4H3,(H,45,54)(H,46,55)(H,47,56)(H,48,57)/t15-,16-,17-,18-,19-,20-,21-,22-,23-,24-,25-,26+,27+,28+,29+,30-,31-,32+,33-,34-,35-,36-,37-,38+,39?,40-,41+,42+,43+,44+/m1/s1. The molecule has 6 saturated heterocycles. The maximum Gasteiger partial charge on any atom is 0.217 e. The lowest BCUT2D eigenvalue weighted by atomic mass is 9.93. The summed E-state index contributed by atoms with van der Waals surface area (Å²) in [6.45, 7) is -1.56. The molecule has 0 aromatic carbocycles. The van der Waals surface area contributed by atoms with Crippen molar-refractivity contribution in [3.05, 3.63) is 0 Å². The molecule has 0 aliphatic carbocycles. The van der Waals surface area contributed by atoms with Gasteiger partial charge in [-0.05, 0) is 0 Å². The minimum absolute atomic E-state index is 0.748. The van der Waals surface area contributed by atoms with Crippen LogP contribution >= 0.6 is 0 Å². The number of carbonyl (C=O) groups excluding carboxylic acids is 4. The lowest BCUT2D eigenvalue weighted by Gasteiger charge is -2.51. The fraction of sp³-hybridized carbons (Fsp3) is 0.909. The molecule has 4 amide bonds. The van der Waals surface area contributed by atoms with E-state index < -0.39 is 247 Å². The van der Waals surface area contributed by atoms with E-state index in [-0.39, 0.29) is 0 Å². The lowest BCUT2D eigenvalue weighted by molar-refractivity contribution is -0.383. The Morgan fingerprint density at radius 3 is 1.13 bits per heavy atom. The van der Waals surface area contributed by atoms with Gasteiger partial charge in [-0.2, -0.15) is 0 Å². The highest BCUT2D eigenvalue weighted by Crippen LogP contribution is 2.37. The Morgan fingerprint density at radius 2 is 0.671 bits per heavy atom. The lowest BCUT2D eigenvalue weighted by Crippen LogP contribution is -2.71. The number of nitrogens with one attached hydrogen (secondary N) is 4. The number of ether oxygens (including phenoxy) is 11. The topological polar surface area (TPSA) is 542 Å². The summed E-state index contributed by atoms with van der Waals surface area (Å²) in [5.74, 6) is -3.22. The van der Waals surface area contributed by atoms with Crippen LogP contribution in [-0.4, -0.2) is 329 Å². The number of amides is 4. The molecule has 79 heavy (non-hydrogen) atoms. The molecule has 6 aliphatic heterocycles. The fourth-order valence-corrected chi connectivity index (χ4v) is 10.0. The van der Waals surface area contributed by atoms with Crippen LogP contribution in [0.4, 0.5) is 0 Å². The zero-order valence-corrected chi connectivity index (χ0v) is 42.8. The summed E-state index contributed by atoms with van der Waals surface area (Å²) in [6, 6.07) is -6.73. The molecule has 6 fully saturated rings. The van der Waals surface area contributed by atoms with E-state index in [9.17, 15) is 101 Å². The van der Waals surface area contributed by atoms with Crippen LogP contribution in [0.3, 0.4) is 0 Å². The molecule has 0 aromatic heterocycles. The van der Waals surface area contributed by atoms with Crippen molar-refractivity contribution in [3.63, 3.8) is 0 Å². The van der Waals surface area contributed by atoms with Gasteiger partial charge in [-0.3, -0.25) is 19.2 Å². The van der Waals surface area contributed by atoms with Crippen LogP contribution in [0.2, 0.25) is 0 Å². The van der Waals surface area contributed by atoms with Crippen LogP contribution in [-0.2, 0) is 71.3 Å². The van der Waals surface area contributed by atoms with Gasteiger partial charge in [0.15, 0.2) is 37.7 Å². The van der Waals surface area contributed by atoms with E-state index >= 15 is 0 Å². The summed E-state index contributed by atoms with van der Waals surface area (Å²) in [5, 5.41) is 183.